The highest BCUT2D eigenvalue weighted by Gasteiger charge is 3.27. The summed E-state index contributed by atoms with van der Waals surface area (Å²) in [6.07, 6.45) is -30.9. The zero-order valence-electron chi connectivity index (χ0n) is 23.6. The van der Waals surface area contributed by atoms with Crippen molar-refractivity contribution in [3.8, 4) is 0 Å². The molecule has 0 aromatic carbocycles. The molecule has 0 saturated heterocycles. The molecular formula is C22H4F28O4. The number of esters is 2. The summed E-state index contributed by atoms with van der Waals surface area (Å²) in [6, 6.07) is 0. The molecule has 0 heterocycles. The van der Waals surface area contributed by atoms with Crippen molar-refractivity contribution in [2.75, 3.05) is 0 Å². The summed E-state index contributed by atoms with van der Waals surface area (Å²) in [6.45, 7) is 2.86. The molecule has 4 aliphatic carbocycles. The zero-order chi connectivity index (χ0) is 43.7. The SMILES string of the molecule is C=C(C(=O)OC(F)(F)C(F)(F)C12C(F)(F)C3(F)C(F)(F)C(F)(C1(F)F)C(F)(F)C(C(F)(F)C(F)(F)OC(=O)C(=C)C(F)(F)F)(C3(F)F)C2(F)F)C(F)(F)F. The van der Waals surface area contributed by atoms with E-state index in [9.17, 15) is 62.3 Å². The lowest BCUT2D eigenvalue weighted by molar-refractivity contribution is -0.662. The van der Waals surface area contributed by atoms with Crippen LogP contribution in [0.25, 0.3) is 0 Å². The Morgan fingerprint density at radius 1 is 0.370 bits per heavy atom. The van der Waals surface area contributed by atoms with Crippen LogP contribution < -0.4 is 0 Å². The molecule has 0 amide bonds. The van der Waals surface area contributed by atoms with Gasteiger partial charge < -0.3 is 9.47 Å². The molecule has 4 nitrogen and oxygen atoms in total. The van der Waals surface area contributed by atoms with E-state index in [1.54, 1.807) is 0 Å². The van der Waals surface area contributed by atoms with Gasteiger partial charge in [0.05, 0.1) is 0 Å². The number of halogens is 28. The molecule has 54 heavy (non-hydrogen) atoms. The van der Waals surface area contributed by atoms with Gasteiger partial charge in [-0.1, -0.05) is 13.2 Å². The molecule has 0 spiro atoms. The van der Waals surface area contributed by atoms with E-state index in [0.717, 1.165) is 0 Å². The Bertz CT molecular complexity index is 1530. The van der Waals surface area contributed by atoms with Gasteiger partial charge in [-0.2, -0.15) is 70.2 Å². The Morgan fingerprint density at radius 3 is 0.759 bits per heavy atom. The van der Waals surface area contributed by atoms with E-state index in [1.807, 2.05) is 9.47 Å². The molecule has 312 valence electrons. The summed E-state index contributed by atoms with van der Waals surface area (Å²) in [7, 11) is 0. The molecule has 0 unspecified atom stereocenters. The summed E-state index contributed by atoms with van der Waals surface area (Å²) >= 11 is 0. The molecule has 32 heteroatoms. The minimum Gasteiger partial charge on any atom is -0.392 e. The number of rotatable bonds is 8. The maximum atomic E-state index is 16.0. The van der Waals surface area contributed by atoms with Crippen LogP contribution >= 0.6 is 0 Å². The summed E-state index contributed by atoms with van der Waals surface area (Å²) in [5.41, 5.74) is -46.7. The maximum absolute atomic E-state index is 16.0. The first-order chi connectivity index (χ1) is 23.1. The first-order valence-corrected chi connectivity index (χ1v) is 12.2. The van der Waals surface area contributed by atoms with Crippen LogP contribution in [-0.2, 0) is 19.1 Å². The lowest BCUT2D eigenvalue weighted by atomic mass is 9.30. The van der Waals surface area contributed by atoms with Gasteiger partial charge in [0.15, 0.2) is 0 Å². The molecule has 0 aromatic heterocycles. The number of carbonyl (C=O) groups excluding carboxylic acids is 2. The van der Waals surface area contributed by atoms with Gasteiger partial charge in [-0.25, -0.2) is 62.3 Å². The monoisotopic (exact) mass is 864 g/mol. The summed E-state index contributed by atoms with van der Waals surface area (Å²) in [4.78, 5) is 22.6. The topological polar surface area (TPSA) is 52.6 Å². The van der Waals surface area contributed by atoms with Crippen LogP contribution in [0.1, 0.15) is 0 Å². The van der Waals surface area contributed by atoms with Crippen molar-refractivity contribution in [3.05, 3.63) is 24.3 Å². The third kappa shape index (κ3) is 3.76. The van der Waals surface area contributed by atoms with Crippen LogP contribution in [0.3, 0.4) is 0 Å². The highest BCUT2D eigenvalue weighted by atomic mass is 19.4. The van der Waals surface area contributed by atoms with Crippen LogP contribution in [0.2, 0.25) is 0 Å². The number of alkyl halides is 28. The van der Waals surface area contributed by atoms with Crippen molar-refractivity contribution in [1.29, 1.82) is 0 Å². The lowest BCUT2D eigenvalue weighted by Gasteiger charge is -2.78. The predicted octanol–water partition coefficient (Wildman–Crippen LogP) is 9.01. The predicted molar refractivity (Wildman–Crippen MR) is 105 cm³/mol. The van der Waals surface area contributed by atoms with E-state index in [2.05, 4.69) is 0 Å². The van der Waals surface area contributed by atoms with Gasteiger partial charge in [0.1, 0.15) is 11.1 Å². The first kappa shape index (κ1) is 44.9. The molecule has 0 aliphatic heterocycles. The van der Waals surface area contributed by atoms with E-state index in [4.69, 9.17) is 0 Å². The Balaban J connectivity index is 2.74. The summed E-state index contributed by atoms with van der Waals surface area (Å²) in [5, 5.41) is 0. The molecule has 4 rings (SSSR count). The van der Waals surface area contributed by atoms with Crippen molar-refractivity contribution in [3.63, 3.8) is 0 Å². The number of ether oxygens (including phenoxy) is 2. The smallest absolute Gasteiger partial charge is 0.392 e. The minimum atomic E-state index is -10.2. The Kier molecular flexibility index (Phi) is 8.51. The lowest BCUT2D eigenvalue weighted by Crippen LogP contribution is -3.10. The molecule has 4 aliphatic rings. The second kappa shape index (κ2) is 10.2. The van der Waals surface area contributed by atoms with Crippen LogP contribution in [0, 0.1) is 10.8 Å². The standard InChI is InChI=1S/C22H4F28O4/c1-3(7(23,24)25)5(51)53-21(47,48)18(41,42)9-13(31,32)10(19(43,44)22(49,50)54-6(52)4(2)8(26,27)28)16(37,38)11(29,14(9,33)34)20(45,46)12(30,15(9,35)36)17(10,39)40/h1-2H2. The fourth-order valence-electron chi connectivity index (χ4n) is 6.25. The molecule has 4 fully saturated rings. The van der Waals surface area contributed by atoms with Gasteiger partial charge >= 0.3 is 89.3 Å². The van der Waals surface area contributed by atoms with Crippen molar-refractivity contribution in [2.24, 2.45) is 10.8 Å². The molecule has 4 bridgehead atoms. The van der Waals surface area contributed by atoms with Crippen molar-refractivity contribution < 1.29 is 142 Å². The van der Waals surface area contributed by atoms with Crippen LogP contribution in [0.4, 0.5) is 123 Å². The number of hydrogen-bond donors (Lipinski definition) is 0. The average Bonchev–Trinajstić information content (AvgIpc) is 2.90. The first-order valence-electron chi connectivity index (χ1n) is 12.2. The Labute approximate surface area is 273 Å². The molecule has 4 saturated carbocycles. The quantitative estimate of drug-likeness (QED) is 0.139. The minimum absolute atomic E-state index is 1.43. The van der Waals surface area contributed by atoms with Crippen molar-refractivity contribution in [1.82, 2.24) is 0 Å². The second-order valence-electron chi connectivity index (χ2n) is 11.2. The highest BCUT2D eigenvalue weighted by molar-refractivity contribution is 5.90. The Morgan fingerprint density at radius 2 is 0.574 bits per heavy atom. The largest absolute Gasteiger partial charge is 0.467 e. The van der Waals surface area contributed by atoms with E-state index in [-0.39, 0.29) is 0 Å². The second-order valence-corrected chi connectivity index (χ2v) is 11.2. The van der Waals surface area contributed by atoms with Gasteiger partial charge in [0.25, 0.3) is 5.92 Å². The van der Waals surface area contributed by atoms with Gasteiger partial charge in [-0.15, -0.1) is 0 Å². The molecular weight excluding hydrogens is 860 g/mol. The van der Waals surface area contributed by atoms with E-state index >= 15 is 70.2 Å². The number of carbonyl (C=O) groups is 2. The fraction of sp³-hybridized carbons (Fsp3) is 0.727. The fourth-order valence-corrected chi connectivity index (χ4v) is 6.25. The van der Waals surface area contributed by atoms with Crippen LogP contribution in [-0.4, -0.2) is 95.2 Å². The molecule has 0 N–H and O–H groups in total. The van der Waals surface area contributed by atoms with Crippen molar-refractivity contribution >= 4 is 11.9 Å². The average molecular weight is 864 g/mol. The van der Waals surface area contributed by atoms with E-state index in [0.29, 0.717) is 0 Å². The molecule has 0 atom stereocenters. The van der Waals surface area contributed by atoms with E-state index in [1.165, 1.54) is 13.2 Å². The normalized spacial score (nSPS) is 33.6. The maximum Gasteiger partial charge on any atom is 0.467 e. The van der Waals surface area contributed by atoms with E-state index < -0.39 is 117 Å². The third-order valence-corrected chi connectivity index (χ3v) is 8.71. The van der Waals surface area contributed by atoms with Gasteiger partial charge in [0.2, 0.25) is 10.8 Å². The Hall–Kier alpha value is -3.54. The van der Waals surface area contributed by atoms with Crippen LogP contribution in [0.5, 0.6) is 0 Å². The molecule has 0 aromatic rings. The van der Waals surface area contributed by atoms with Gasteiger partial charge in [0, 0.05) is 0 Å². The van der Waals surface area contributed by atoms with Gasteiger partial charge in [-0.05, 0) is 0 Å². The zero-order valence-corrected chi connectivity index (χ0v) is 23.6. The summed E-state index contributed by atoms with van der Waals surface area (Å²) < 4.78 is 417. The highest BCUT2D eigenvalue weighted by Crippen LogP contribution is 2.96. The number of hydrogen-bond acceptors (Lipinski definition) is 4. The summed E-state index contributed by atoms with van der Waals surface area (Å²) in [5.74, 6) is -86.9. The third-order valence-electron chi connectivity index (χ3n) is 8.71. The van der Waals surface area contributed by atoms with Gasteiger partial charge in [-0.3, -0.25) is 0 Å². The van der Waals surface area contributed by atoms with Crippen LogP contribution in [0.15, 0.2) is 24.3 Å². The van der Waals surface area contributed by atoms with Crippen molar-refractivity contribution in [2.45, 2.75) is 83.3 Å². The molecule has 0 radical (unpaired) electrons.